The van der Waals surface area contributed by atoms with Gasteiger partial charge in [-0.1, -0.05) is 29.5 Å². The van der Waals surface area contributed by atoms with Crippen LogP contribution in [0.3, 0.4) is 0 Å². The molecule has 0 radical (unpaired) electrons. The largest absolute Gasteiger partial charge is 0.505 e. The second-order valence-corrected chi connectivity index (χ2v) is 17.4. The molecule has 0 fully saturated rings. The number of phenols is 1. The number of hydrogen-bond acceptors (Lipinski definition) is 17. The Morgan fingerprint density at radius 1 is 0.717 bits per heavy atom. The predicted octanol–water partition coefficient (Wildman–Crippen LogP) is 7.58. The fourth-order valence-corrected chi connectivity index (χ4v) is 8.31. The average molecular weight is 893 g/mol. The summed E-state index contributed by atoms with van der Waals surface area (Å²) in [4.78, 5) is 27.3. The molecular weight excluding hydrogens is 869 g/mol. The Balaban J connectivity index is 1.23. The van der Waals surface area contributed by atoms with Gasteiger partial charge >= 0.3 is 0 Å². The lowest BCUT2D eigenvalue weighted by Crippen LogP contribution is -2.14. The maximum atomic E-state index is 13.0. The van der Waals surface area contributed by atoms with E-state index in [0.717, 1.165) is 58.0 Å². The minimum Gasteiger partial charge on any atom is -0.505 e. The van der Waals surface area contributed by atoms with Crippen molar-refractivity contribution in [1.29, 1.82) is 0 Å². The molecule has 0 atom stereocenters. The highest BCUT2D eigenvalue weighted by atomic mass is 32.2. The highest BCUT2D eigenvalue weighted by Gasteiger charge is 2.24. The topological polar surface area (TPSA) is 337 Å². The monoisotopic (exact) mass is 892 g/mol. The minimum atomic E-state index is -5.11. The Morgan fingerprint density at radius 2 is 1.35 bits per heavy atom. The molecule has 0 bridgehead atoms. The van der Waals surface area contributed by atoms with E-state index in [1.807, 2.05) is 6.07 Å². The SMILES string of the molecule is CC(=O)Nc1cc(N=Nc2ccc3c(S(=O)(=O)O)c(N=Nc4c[nH]n(-c5ccc(S(=O)(=O)O)cc5)c4=O)ccc3c2O)c(S(=O)(=O)O)cc1N=Nc1nc2ccccc2s1. The minimum absolute atomic E-state index is 0.0937. The summed E-state index contributed by atoms with van der Waals surface area (Å²) < 4.78 is 104. The van der Waals surface area contributed by atoms with E-state index in [1.165, 1.54) is 36.5 Å². The zero-order chi connectivity index (χ0) is 43.1. The number of benzene rings is 5. The van der Waals surface area contributed by atoms with E-state index >= 15 is 0 Å². The van der Waals surface area contributed by atoms with Crippen LogP contribution in [0.5, 0.6) is 5.75 Å². The number of nitrogens with one attached hydrogen (secondary N) is 2. The number of aromatic nitrogens is 3. The zero-order valence-electron chi connectivity index (χ0n) is 29.9. The van der Waals surface area contributed by atoms with Gasteiger partial charge in [-0.25, -0.2) is 9.67 Å². The van der Waals surface area contributed by atoms with Gasteiger partial charge in [-0.3, -0.25) is 28.3 Å². The number of aromatic hydroxyl groups is 1. The molecule has 0 aliphatic carbocycles. The van der Waals surface area contributed by atoms with E-state index < -0.39 is 73.6 Å². The molecular formula is C34H24N10O12S4. The fraction of sp³-hybridized carbons (Fsp3) is 0.0294. The lowest BCUT2D eigenvalue weighted by Gasteiger charge is -2.11. The summed E-state index contributed by atoms with van der Waals surface area (Å²) >= 11 is 1.19. The average Bonchev–Trinajstić information content (AvgIpc) is 3.77. The molecule has 60 heavy (non-hydrogen) atoms. The Morgan fingerprint density at radius 3 is 2.02 bits per heavy atom. The van der Waals surface area contributed by atoms with Crippen molar-refractivity contribution < 1.29 is 48.8 Å². The summed E-state index contributed by atoms with van der Waals surface area (Å²) in [6.45, 7) is 1.17. The molecule has 1 amide bonds. The number of rotatable bonds is 11. The van der Waals surface area contributed by atoms with Gasteiger partial charge < -0.3 is 10.4 Å². The van der Waals surface area contributed by atoms with Crippen LogP contribution in [0, 0.1) is 0 Å². The molecule has 6 N–H and O–H groups in total. The number of hydrogen-bond donors (Lipinski definition) is 6. The second-order valence-electron chi connectivity index (χ2n) is 12.2. The van der Waals surface area contributed by atoms with Crippen molar-refractivity contribution in [3.63, 3.8) is 0 Å². The number of nitrogens with zero attached hydrogens (tertiary/aromatic N) is 8. The standard InChI is InChI=1S/C34H24N10O12S4/c1-17(45)36-25-14-27(30(59(51,52)53)15-26(25)40-43-34-37-22-4-2-3-5-29(22)57-34)41-38-23-12-11-21-20(31(23)46)10-13-24(32(21)60(54,55)56)39-42-28-16-35-44(33(28)47)18-6-8-19(9-7-18)58(48,49)50/h2-16,35,46H,1H3,(H,36,45)(H,48,49,50)(H,51,52,53)(H,54,55,56). The molecule has 0 aliphatic rings. The number of azo groups is 3. The molecule has 0 saturated carbocycles. The van der Waals surface area contributed by atoms with Gasteiger partial charge in [-0.15, -0.1) is 30.7 Å². The Kier molecular flexibility index (Phi) is 10.8. The summed E-state index contributed by atoms with van der Waals surface area (Å²) in [6, 6.07) is 18.0. The van der Waals surface area contributed by atoms with E-state index in [9.17, 15) is 53.6 Å². The predicted molar refractivity (Wildman–Crippen MR) is 214 cm³/mol. The fourth-order valence-electron chi connectivity index (χ4n) is 5.59. The van der Waals surface area contributed by atoms with Gasteiger partial charge in [0.1, 0.15) is 32.5 Å². The highest BCUT2D eigenvalue weighted by molar-refractivity contribution is 7.86. The first-order valence-corrected chi connectivity index (χ1v) is 21.6. The highest BCUT2D eigenvalue weighted by Crippen LogP contribution is 2.43. The maximum Gasteiger partial charge on any atom is 0.298 e. The Bertz CT molecular complexity index is 3360. The molecule has 0 saturated heterocycles. The van der Waals surface area contributed by atoms with Crippen LogP contribution in [0.2, 0.25) is 0 Å². The van der Waals surface area contributed by atoms with Gasteiger partial charge in [0.05, 0.1) is 32.7 Å². The molecule has 26 heteroatoms. The normalized spacial score (nSPS) is 12.7. The molecule has 22 nitrogen and oxygen atoms in total. The molecule has 7 aromatic rings. The number of fused-ring (bicyclic) bond motifs is 2. The number of anilines is 1. The van der Waals surface area contributed by atoms with E-state index in [2.05, 4.69) is 46.1 Å². The van der Waals surface area contributed by atoms with Crippen LogP contribution in [0.15, 0.2) is 141 Å². The number of aromatic amines is 1. The third-order valence-corrected chi connectivity index (χ3v) is 11.8. The number of carbonyl (C=O) groups excluding carboxylic acids is 1. The van der Waals surface area contributed by atoms with Crippen molar-refractivity contribution in [2.24, 2.45) is 30.7 Å². The van der Waals surface area contributed by atoms with Crippen molar-refractivity contribution in [2.45, 2.75) is 21.6 Å². The first kappa shape index (κ1) is 41.2. The molecule has 7 rings (SSSR count). The van der Waals surface area contributed by atoms with Crippen molar-refractivity contribution in [1.82, 2.24) is 14.8 Å². The van der Waals surface area contributed by atoms with Crippen LogP contribution >= 0.6 is 11.3 Å². The summed E-state index contributed by atoms with van der Waals surface area (Å²) in [5.74, 6) is -1.29. The quantitative estimate of drug-likeness (QED) is 0.0539. The first-order valence-electron chi connectivity index (χ1n) is 16.5. The summed E-state index contributed by atoms with van der Waals surface area (Å²) in [5, 5.41) is 39.4. The second kappa shape index (κ2) is 15.7. The smallest absolute Gasteiger partial charge is 0.298 e. The molecule has 2 aromatic heterocycles. The van der Waals surface area contributed by atoms with Crippen molar-refractivity contribution >= 4 is 108 Å². The molecule has 0 unspecified atom stereocenters. The van der Waals surface area contributed by atoms with Gasteiger partial charge in [0.15, 0.2) is 11.4 Å². The lowest BCUT2D eigenvalue weighted by atomic mass is 10.1. The van der Waals surface area contributed by atoms with Gasteiger partial charge in [0, 0.05) is 17.7 Å². The third-order valence-electron chi connectivity index (χ3n) is 8.21. The van der Waals surface area contributed by atoms with Crippen LogP contribution in [0.25, 0.3) is 26.7 Å². The number of phenolic OH excluding ortho intramolecular Hbond substituents is 1. The molecule has 0 aliphatic heterocycles. The van der Waals surface area contributed by atoms with E-state index in [0.29, 0.717) is 5.52 Å². The summed E-state index contributed by atoms with van der Waals surface area (Å²) in [6.07, 6.45) is 1.11. The van der Waals surface area contributed by atoms with Crippen LogP contribution in [-0.4, -0.2) is 64.7 Å². The van der Waals surface area contributed by atoms with E-state index in [1.54, 1.807) is 18.2 Å². The van der Waals surface area contributed by atoms with Gasteiger partial charge in [0.2, 0.25) is 11.0 Å². The van der Waals surface area contributed by atoms with Gasteiger partial charge in [-0.2, -0.15) is 25.3 Å². The van der Waals surface area contributed by atoms with Crippen LogP contribution in [-0.2, 0) is 35.1 Å². The number of amides is 1. The first-order chi connectivity index (χ1) is 28.3. The van der Waals surface area contributed by atoms with Gasteiger partial charge in [0.25, 0.3) is 35.9 Å². The molecule has 2 heterocycles. The van der Waals surface area contributed by atoms with E-state index in [-0.39, 0.29) is 44.3 Å². The molecule has 0 spiro atoms. The zero-order valence-corrected chi connectivity index (χ0v) is 33.2. The number of H-pyrrole nitrogens is 1. The Hall–Kier alpha value is -6.94. The number of para-hydroxylation sites is 1. The lowest BCUT2D eigenvalue weighted by molar-refractivity contribution is -0.114. The van der Waals surface area contributed by atoms with Crippen LogP contribution in [0.1, 0.15) is 6.92 Å². The van der Waals surface area contributed by atoms with Crippen molar-refractivity contribution in [2.75, 3.05) is 5.32 Å². The van der Waals surface area contributed by atoms with Crippen LogP contribution in [0.4, 0.5) is 39.3 Å². The summed E-state index contributed by atoms with van der Waals surface area (Å²) in [7, 11) is -14.6. The third kappa shape index (κ3) is 8.59. The summed E-state index contributed by atoms with van der Waals surface area (Å²) in [5.41, 5.74) is -2.00. The molecule has 306 valence electrons. The molecule has 5 aromatic carbocycles. The number of carbonyl (C=O) groups is 1. The van der Waals surface area contributed by atoms with E-state index in [4.69, 9.17) is 0 Å². The Labute approximate surface area is 340 Å². The van der Waals surface area contributed by atoms with Crippen molar-refractivity contribution in [3.8, 4) is 11.4 Å². The van der Waals surface area contributed by atoms with Gasteiger partial charge in [-0.05, 0) is 66.7 Å². The maximum absolute atomic E-state index is 13.0. The van der Waals surface area contributed by atoms with Crippen molar-refractivity contribution in [3.05, 3.63) is 101 Å². The van der Waals surface area contributed by atoms with Crippen LogP contribution < -0.4 is 10.9 Å². The number of thiazole rings is 1.